The van der Waals surface area contributed by atoms with E-state index >= 15 is 0 Å². The van der Waals surface area contributed by atoms with Gasteiger partial charge in [0.15, 0.2) is 5.16 Å². The van der Waals surface area contributed by atoms with Crippen molar-refractivity contribution in [1.29, 1.82) is 5.26 Å². The van der Waals surface area contributed by atoms with Crippen LogP contribution in [0.1, 0.15) is 5.56 Å². The Balaban J connectivity index is 2.91. The van der Waals surface area contributed by atoms with Gasteiger partial charge < -0.3 is 10.4 Å². The monoisotopic (exact) mass is 210 g/mol. The maximum absolute atomic E-state index is 8.74. The molecule has 0 spiro atoms. The van der Waals surface area contributed by atoms with Crippen molar-refractivity contribution in [3.63, 3.8) is 0 Å². The highest BCUT2D eigenvalue weighted by molar-refractivity contribution is 7.98. The van der Waals surface area contributed by atoms with E-state index in [-0.39, 0.29) is 6.61 Å². The average Bonchev–Trinajstić information content (AvgIpc) is 2.25. The van der Waals surface area contributed by atoms with E-state index in [2.05, 4.69) is 15.3 Å². The molecule has 1 aromatic rings. The minimum absolute atomic E-state index is 0.00345. The average molecular weight is 210 g/mol. The predicted molar refractivity (Wildman–Crippen MR) is 54.1 cm³/mol. The van der Waals surface area contributed by atoms with Gasteiger partial charge in [-0.05, 0) is 6.26 Å². The second-order valence-corrected chi connectivity index (χ2v) is 3.15. The van der Waals surface area contributed by atoms with Crippen molar-refractivity contribution in [1.82, 2.24) is 9.97 Å². The van der Waals surface area contributed by atoms with Crippen LogP contribution in [0.3, 0.4) is 0 Å². The summed E-state index contributed by atoms with van der Waals surface area (Å²) in [5.74, 6) is 0.473. The van der Waals surface area contributed by atoms with Gasteiger partial charge in [0.25, 0.3) is 0 Å². The topological polar surface area (TPSA) is 81.8 Å². The smallest absolute Gasteiger partial charge is 0.189 e. The molecular formula is C8H10N4OS. The first-order chi connectivity index (χ1) is 6.81. The van der Waals surface area contributed by atoms with E-state index in [9.17, 15) is 0 Å². The lowest BCUT2D eigenvalue weighted by Crippen LogP contribution is -2.09. The molecule has 74 valence electrons. The number of anilines is 1. The fourth-order valence-corrected chi connectivity index (χ4v) is 1.20. The molecule has 0 aliphatic heterocycles. The molecule has 0 unspecified atom stereocenters. The highest BCUT2D eigenvalue weighted by Crippen LogP contribution is 2.15. The van der Waals surface area contributed by atoms with Crippen molar-refractivity contribution in [3.05, 3.63) is 11.8 Å². The van der Waals surface area contributed by atoms with Gasteiger partial charge in [-0.2, -0.15) is 5.26 Å². The number of nitriles is 1. The van der Waals surface area contributed by atoms with Gasteiger partial charge in [0.1, 0.15) is 17.5 Å². The number of thioether (sulfide) groups is 1. The van der Waals surface area contributed by atoms with Crippen LogP contribution in [-0.2, 0) is 0 Å². The van der Waals surface area contributed by atoms with E-state index in [0.717, 1.165) is 0 Å². The molecule has 5 nitrogen and oxygen atoms in total. The summed E-state index contributed by atoms with van der Waals surface area (Å²) in [5.41, 5.74) is 0.385. The molecule has 0 saturated heterocycles. The molecule has 0 amide bonds. The van der Waals surface area contributed by atoms with Crippen LogP contribution in [0.25, 0.3) is 0 Å². The molecule has 0 aromatic carbocycles. The number of nitrogens with one attached hydrogen (secondary N) is 1. The number of aromatic nitrogens is 2. The molecule has 1 rings (SSSR count). The minimum Gasteiger partial charge on any atom is -0.395 e. The summed E-state index contributed by atoms with van der Waals surface area (Å²) in [4.78, 5) is 8.07. The van der Waals surface area contributed by atoms with E-state index < -0.39 is 0 Å². The third-order valence-corrected chi connectivity index (χ3v) is 2.04. The van der Waals surface area contributed by atoms with Gasteiger partial charge in [0, 0.05) is 6.54 Å². The molecule has 1 heterocycles. The normalized spacial score (nSPS) is 9.50. The van der Waals surface area contributed by atoms with Crippen molar-refractivity contribution in [2.75, 3.05) is 24.7 Å². The van der Waals surface area contributed by atoms with E-state index in [1.807, 2.05) is 12.3 Å². The third kappa shape index (κ3) is 2.58. The first kappa shape index (κ1) is 10.8. The summed E-state index contributed by atoms with van der Waals surface area (Å²) in [6.07, 6.45) is 3.33. The summed E-state index contributed by atoms with van der Waals surface area (Å²) in [6.45, 7) is 0.378. The Labute approximate surface area is 86.2 Å². The van der Waals surface area contributed by atoms with Crippen LogP contribution in [0.2, 0.25) is 0 Å². The van der Waals surface area contributed by atoms with Crippen LogP contribution in [0.5, 0.6) is 0 Å². The van der Waals surface area contributed by atoms with Gasteiger partial charge in [-0.3, -0.25) is 0 Å². The van der Waals surface area contributed by atoms with Gasteiger partial charge in [-0.25, -0.2) is 9.97 Å². The Hall–Kier alpha value is -1.32. The van der Waals surface area contributed by atoms with Gasteiger partial charge in [-0.15, -0.1) is 0 Å². The summed E-state index contributed by atoms with van der Waals surface area (Å²) in [7, 11) is 0. The van der Waals surface area contributed by atoms with Gasteiger partial charge in [-0.1, -0.05) is 11.8 Å². The third-order valence-electron chi connectivity index (χ3n) is 1.47. The molecule has 1 aromatic heterocycles. The molecular weight excluding hydrogens is 200 g/mol. The van der Waals surface area contributed by atoms with E-state index in [4.69, 9.17) is 10.4 Å². The predicted octanol–water partition coefficient (Wildman–Crippen LogP) is 0.474. The van der Waals surface area contributed by atoms with Gasteiger partial charge >= 0.3 is 0 Å². The molecule has 0 fully saturated rings. The van der Waals surface area contributed by atoms with E-state index in [1.165, 1.54) is 18.0 Å². The highest BCUT2D eigenvalue weighted by Gasteiger charge is 2.04. The Morgan fingerprint density at radius 2 is 2.50 bits per heavy atom. The zero-order valence-electron chi connectivity index (χ0n) is 7.69. The summed E-state index contributed by atoms with van der Waals surface area (Å²) >= 11 is 1.40. The first-order valence-corrected chi connectivity index (χ1v) is 5.20. The Kier molecular flexibility index (Phi) is 4.16. The number of aliphatic hydroxyl groups is 1. The number of hydrogen-bond acceptors (Lipinski definition) is 6. The number of hydrogen-bond donors (Lipinski definition) is 2. The first-order valence-electron chi connectivity index (χ1n) is 3.97. The Morgan fingerprint density at radius 1 is 1.71 bits per heavy atom. The fraction of sp³-hybridized carbons (Fsp3) is 0.375. The molecule has 14 heavy (non-hydrogen) atoms. The van der Waals surface area contributed by atoms with Crippen molar-refractivity contribution in [3.8, 4) is 6.07 Å². The van der Waals surface area contributed by atoms with Crippen LogP contribution in [0.15, 0.2) is 11.4 Å². The van der Waals surface area contributed by atoms with Crippen LogP contribution in [0, 0.1) is 11.3 Å². The number of nitrogens with zero attached hydrogens (tertiary/aromatic N) is 3. The highest BCUT2D eigenvalue weighted by atomic mass is 32.2. The second-order valence-electron chi connectivity index (χ2n) is 2.38. The molecule has 0 saturated carbocycles. The Bertz CT molecular complexity index is 350. The molecule has 6 heteroatoms. The standard InChI is InChI=1S/C8H10N4OS/c1-14-8-11-5-6(4-9)7(12-8)10-2-3-13/h5,13H,2-3H2,1H3,(H,10,11,12). The molecule has 0 aliphatic rings. The minimum atomic E-state index is 0.00345. The SMILES string of the molecule is CSc1ncc(C#N)c(NCCO)n1. The fourth-order valence-electron chi connectivity index (χ4n) is 0.855. The molecule has 0 radical (unpaired) electrons. The van der Waals surface area contributed by atoms with E-state index in [0.29, 0.717) is 23.1 Å². The van der Waals surface area contributed by atoms with E-state index in [1.54, 1.807) is 0 Å². The number of aliphatic hydroxyl groups excluding tert-OH is 1. The zero-order valence-corrected chi connectivity index (χ0v) is 8.51. The summed E-state index contributed by atoms with van der Waals surface area (Å²) in [6, 6.07) is 1.98. The Morgan fingerprint density at radius 3 is 3.07 bits per heavy atom. The van der Waals surface area contributed by atoms with Crippen LogP contribution < -0.4 is 5.32 Å². The largest absolute Gasteiger partial charge is 0.395 e. The quantitative estimate of drug-likeness (QED) is 0.555. The molecule has 0 bridgehead atoms. The van der Waals surface area contributed by atoms with Crippen molar-refractivity contribution >= 4 is 17.6 Å². The lowest BCUT2D eigenvalue weighted by Gasteiger charge is -2.05. The maximum atomic E-state index is 8.74. The van der Waals surface area contributed by atoms with Crippen LogP contribution in [-0.4, -0.2) is 34.5 Å². The molecule has 2 N–H and O–H groups in total. The molecule has 0 aliphatic carbocycles. The summed E-state index contributed by atoms with van der Waals surface area (Å²) in [5, 5.41) is 20.8. The lowest BCUT2D eigenvalue weighted by atomic mass is 10.3. The maximum Gasteiger partial charge on any atom is 0.189 e. The summed E-state index contributed by atoms with van der Waals surface area (Å²) < 4.78 is 0. The van der Waals surface area contributed by atoms with Crippen molar-refractivity contribution in [2.24, 2.45) is 0 Å². The van der Waals surface area contributed by atoms with Crippen molar-refractivity contribution < 1.29 is 5.11 Å². The zero-order chi connectivity index (χ0) is 10.4. The lowest BCUT2D eigenvalue weighted by molar-refractivity contribution is 0.311. The number of rotatable bonds is 4. The van der Waals surface area contributed by atoms with Crippen molar-refractivity contribution in [2.45, 2.75) is 5.16 Å². The van der Waals surface area contributed by atoms with Crippen LogP contribution in [0.4, 0.5) is 5.82 Å². The van der Waals surface area contributed by atoms with Crippen LogP contribution >= 0.6 is 11.8 Å². The molecule has 0 atom stereocenters. The van der Waals surface area contributed by atoms with Gasteiger partial charge in [0.05, 0.1) is 12.8 Å². The van der Waals surface area contributed by atoms with Gasteiger partial charge in [0.2, 0.25) is 0 Å². The second kappa shape index (κ2) is 5.42.